The molecule has 192 valence electrons. The van der Waals surface area contributed by atoms with E-state index >= 15 is 0 Å². The van der Waals surface area contributed by atoms with Gasteiger partial charge in [0.15, 0.2) is 0 Å². The Balaban J connectivity index is 1.65. The van der Waals surface area contributed by atoms with Crippen molar-refractivity contribution in [1.29, 1.82) is 0 Å². The van der Waals surface area contributed by atoms with Crippen LogP contribution in [0.2, 0.25) is 0 Å². The molecule has 0 saturated heterocycles. The second-order valence-corrected chi connectivity index (χ2v) is 12.6. The minimum Gasteiger partial charge on any atom is -0.472 e. The molecule has 1 aromatic rings. The van der Waals surface area contributed by atoms with E-state index in [1.807, 2.05) is 26.2 Å². The summed E-state index contributed by atoms with van der Waals surface area (Å²) in [7, 11) is 0. The van der Waals surface area contributed by atoms with Gasteiger partial charge < -0.3 is 19.0 Å². The second-order valence-electron chi connectivity index (χ2n) is 12.6. The molecule has 1 unspecified atom stereocenters. The topological polar surface area (TPSA) is 86.0 Å². The van der Waals surface area contributed by atoms with Crippen LogP contribution < -0.4 is 0 Å². The zero-order chi connectivity index (χ0) is 25.3. The summed E-state index contributed by atoms with van der Waals surface area (Å²) in [5.41, 5.74) is 0.443. The largest absolute Gasteiger partial charge is 0.472 e. The highest BCUT2D eigenvalue weighted by Gasteiger charge is 2.69. The van der Waals surface area contributed by atoms with Crippen LogP contribution >= 0.6 is 0 Å². The SMILES string of the molecule is CC(=O)O[C@@H]1[C@H](OC(C)=O)[C@H]2C(C)(C)C(O)C=C[C@]2(C)[C@H]2CC[C@]3(C)[C@@H](c4ccoc4)CC[C@H]3[C@H]12. The molecule has 35 heavy (non-hydrogen) atoms. The number of hydrogen-bond donors (Lipinski definition) is 1. The number of furan rings is 1. The Morgan fingerprint density at radius 1 is 1.00 bits per heavy atom. The summed E-state index contributed by atoms with van der Waals surface area (Å²) in [6.45, 7) is 11.6. The van der Waals surface area contributed by atoms with Crippen LogP contribution in [-0.4, -0.2) is 35.4 Å². The maximum absolute atomic E-state index is 12.5. The Hall–Kier alpha value is -2.08. The lowest BCUT2D eigenvalue weighted by atomic mass is 9.41. The van der Waals surface area contributed by atoms with E-state index in [0.29, 0.717) is 11.8 Å². The number of carbonyl (C=O) groups excluding carboxylic acids is 2. The van der Waals surface area contributed by atoms with E-state index in [1.54, 1.807) is 6.26 Å². The lowest BCUT2D eigenvalue weighted by Crippen LogP contribution is -2.68. The third kappa shape index (κ3) is 3.53. The second kappa shape index (κ2) is 8.22. The minimum atomic E-state index is -0.668. The average Bonchev–Trinajstić information content (AvgIpc) is 3.40. The summed E-state index contributed by atoms with van der Waals surface area (Å²) in [5, 5.41) is 11.0. The van der Waals surface area contributed by atoms with Gasteiger partial charge in [0.25, 0.3) is 0 Å². The highest BCUT2D eigenvalue weighted by molar-refractivity contribution is 5.67. The number of carbonyl (C=O) groups is 2. The van der Waals surface area contributed by atoms with Gasteiger partial charge in [0.05, 0.1) is 18.6 Å². The highest BCUT2D eigenvalue weighted by Crippen LogP contribution is 2.70. The first-order valence-corrected chi connectivity index (χ1v) is 13.1. The number of esters is 2. The summed E-state index contributed by atoms with van der Waals surface area (Å²) < 4.78 is 17.7. The van der Waals surface area contributed by atoms with E-state index in [2.05, 4.69) is 26.0 Å². The molecular formula is C29H40O6. The molecule has 4 aliphatic carbocycles. The zero-order valence-corrected chi connectivity index (χ0v) is 21.8. The van der Waals surface area contributed by atoms with Crippen molar-refractivity contribution in [1.82, 2.24) is 0 Å². The van der Waals surface area contributed by atoms with Crippen LogP contribution in [0, 0.1) is 39.9 Å². The molecule has 1 heterocycles. The van der Waals surface area contributed by atoms with E-state index in [-0.39, 0.29) is 40.5 Å². The molecule has 5 rings (SSSR count). The molecule has 3 fully saturated rings. The lowest BCUT2D eigenvalue weighted by Gasteiger charge is -2.65. The third-order valence-corrected chi connectivity index (χ3v) is 10.6. The van der Waals surface area contributed by atoms with Crippen molar-refractivity contribution in [3.8, 4) is 0 Å². The number of aliphatic hydroxyl groups excluding tert-OH is 1. The quantitative estimate of drug-likeness (QED) is 0.465. The van der Waals surface area contributed by atoms with Gasteiger partial charge in [-0.3, -0.25) is 9.59 Å². The van der Waals surface area contributed by atoms with E-state index < -0.39 is 23.7 Å². The molecule has 1 aromatic heterocycles. The molecule has 4 aliphatic rings. The van der Waals surface area contributed by atoms with Gasteiger partial charge in [-0.2, -0.15) is 0 Å². The normalized spacial score (nSPS) is 45.7. The van der Waals surface area contributed by atoms with Gasteiger partial charge in [0, 0.05) is 31.1 Å². The predicted molar refractivity (Wildman–Crippen MR) is 130 cm³/mol. The molecule has 0 amide bonds. The molecule has 0 bridgehead atoms. The van der Waals surface area contributed by atoms with Gasteiger partial charge in [-0.1, -0.05) is 39.8 Å². The van der Waals surface area contributed by atoms with Gasteiger partial charge in [-0.25, -0.2) is 0 Å². The molecule has 3 saturated carbocycles. The van der Waals surface area contributed by atoms with Crippen molar-refractivity contribution in [2.24, 2.45) is 39.9 Å². The van der Waals surface area contributed by atoms with Crippen LogP contribution in [0.5, 0.6) is 0 Å². The smallest absolute Gasteiger partial charge is 0.303 e. The highest BCUT2D eigenvalue weighted by atomic mass is 16.6. The van der Waals surface area contributed by atoms with Crippen LogP contribution in [0.4, 0.5) is 0 Å². The van der Waals surface area contributed by atoms with Crippen LogP contribution in [0.15, 0.2) is 35.2 Å². The first kappa shape index (κ1) is 24.6. The van der Waals surface area contributed by atoms with Crippen molar-refractivity contribution in [3.05, 3.63) is 36.3 Å². The Labute approximate surface area is 208 Å². The molecule has 1 N–H and O–H groups in total. The number of fused-ring (bicyclic) bond motifs is 5. The Morgan fingerprint density at radius 3 is 2.31 bits per heavy atom. The van der Waals surface area contributed by atoms with E-state index in [0.717, 1.165) is 25.7 Å². The monoisotopic (exact) mass is 484 g/mol. The summed E-state index contributed by atoms with van der Waals surface area (Å²) in [4.78, 5) is 24.9. The van der Waals surface area contributed by atoms with Crippen molar-refractivity contribution in [3.63, 3.8) is 0 Å². The summed E-state index contributed by atoms with van der Waals surface area (Å²) in [5.74, 6) is 0.126. The maximum atomic E-state index is 12.5. The first-order chi connectivity index (χ1) is 16.4. The summed E-state index contributed by atoms with van der Waals surface area (Å²) in [6, 6.07) is 2.08. The maximum Gasteiger partial charge on any atom is 0.303 e. The van der Waals surface area contributed by atoms with Crippen molar-refractivity contribution < 1.29 is 28.6 Å². The van der Waals surface area contributed by atoms with Crippen LogP contribution in [0.25, 0.3) is 0 Å². The Kier molecular flexibility index (Phi) is 5.78. The summed E-state index contributed by atoms with van der Waals surface area (Å²) in [6.07, 6.45) is 10.1. The van der Waals surface area contributed by atoms with Gasteiger partial charge in [0.2, 0.25) is 0 Å². The standard InChI is InChI=1S/C29H40O6/c1-16(30)34-24-23-20-8-7-19(18-11-14-33-15-18)28(20,5)12-9-21(23)29(6)13-10-22(32)27(3,4)26(29)25(24)35-17(2)31/h10-11,13-15,19-26,32H,7-9,12H2,1-6H3/t19-,20+,21+,22?,23+,24+,25+,26+,28-,29-/m1/s1. The van der Waals surface area contributed by atoms with Gasteiger partial charge in [0.1, 0.15) is 12.2 Å². The fourth-order valence-corrected chi connectivity index (χ4v) is 9.24. The van der Waals surface area contributed by atoms with Gasteiger partial charge >= 0.3 is 11.9 Å². The molecule has 0 aromatic carbocycles. The van der Waals surface area contributed by atoms with E-state index in [9.17, 15) is 14.7 Å². The van der Waals surface area contributed by atoms with Crippen LogP contribution in [-0.2, 0) is 19.1 Å². The molecule has 0 aliphatic heterocycles. The molecular weight excluding hydrogens is 444 g/mol. The number of ether oxygens (including phenoxy) is 2. The first-order valence-electron chi connectivity index (χ1n) is 13.1. The van der Waals surface area contributed by atoms with Crippen LogP contribution in [0.1, 0.15) is 78.7 Å². The number of hydrogen-bond acceptors (Lipinski definition) is 6. The number of allylic oxidation sites excluding steroid dienone is 1. The molecule has 0 spiro atoms. The summed E-state index contributed by atoms with van der Waals surface area (Å²) >= 11 is 0. The Morgan fingerprint density at radius 2 is 1.69 bits per heavy atom. The number of rotatable bonds is 3. The predicted octanol–water partition coefficient (Wildman–Crippen LogP) is 5.26. The minimum absolute atomic E-state index is 0.0425. The van der Waals surface area contributed by atoms with E-state index in [1.165, 1.54) is 19.4 Å². The van der Waals surface area contributed by atoms with Crippen LogP contribution in [0.3, 0.4) is 0 Å². The number of aliphatic hydroxyl groups is 1. The van der Waals surface area contributed by atoms with Crippen molar-refractivity contribution in [2.75, 3.05) is 0 Å². The average molecular weight is 485 g/mol. The van der Waals surface area contributed by atoms with Gasteiger partial charge in [-0.15, -0.1) is 0 Å². The fourth-order valence-electron chi connectivity index (χ4n) is 9.24. The molecule has 10 atom stereocenters. The van der Waals surface area contributed by atoms with Crippen molar-refractivity contribution >= 4 is 11.9 Å². The third-order valence-electron chi connectivity index (χ3n) is 10.6. The van der Waals surface area contributed by atoms with Gasteiger partial charge in [-0.05, 0) is 65.9 Å². The fraction of sp³-hybridized carbons (Fsp3) is 0.724. The van der Waals surface area contributed by atoms with Crippen molar-refractivity contribution in [2.45, 2.75) is 91.5 Å². The Bertz CT molecular complexity index is 1010. The molecule has 6 heteroatoms. The molecule has 0 radical (unpaired) electrons. The van der Waals surface area contributed by atoms with E-state index in [4.69, 9.17) is 13.9 Å². The zero-order valence-electron chi connectivity index (χ0n) is 21.8. The lowest BCUT2D eigenvalue weighted by molar-refractivity contribution is -0.243. The molecule has 6 nitrogen and oxygen atoms in total.